The monoisotopic (exact) mass is 322 g/mol. The molecule has 2 N–H and O–H groups in total. The molecule has 2 aromatic heterocycles. The molecule has 0 atom stereocenters. The number of pyridine rings is 1. The zero-order valence-electron chi connectivity index (χ0n) is 13.5. The third-order valence-corrected chi connectivity index (χ3v) is 3.52. The zero-order chi connectivity index (χ0) is 17.1. The van der Waals surface area contributed by atoms with Crippen molar-refractivity contribution in [1.29, 1.82) is 0 Å². The van der Waals surface area contributed by atoms with Crippen molar-refractivity contribution in [2.24, 2.45) is 0 Å². The fourth-order valence-corrected chi connectivity index (χ4v) is 2.46. The van der Waals surface area contributed by atoms with E-state index < -0.39 is 0 Å². The lowest BCUT2D eigenvalue weighted by Crippen LogP contribution is -2.23. The number of rotatable bonds is 4. The molecule has 0 saturated carbocycles. The largest absolute Gasteiger partial charge is 0.346 e. The number of aryl methyl sites for hydroxylation is 1. The molecule has 2 heterocycles. The summed E-state index contributed by atoms with van der Waals surface area (Å²) in [6.07, 6.45) is 3.89. The van der Waals surface area contributed by atoms with E-state index in [2.05, 4.69) is 15.6 Å². The third-order valence-electron chi connectivity index (χ3n) is 3.52. The normalized spacial score (nSPS) is 10.6. The number of imidazole rings is 1. The molecule has 0 spiro atoms. The summed E-state index contributed by atoms with van der Waals surface area (Å²) < 4.78 is 1.94. The van der Waals surface area contributed by atoms with Crippen LogP contribution in [0.15, 0.2) is 48.8 Å². The molecule has 0 aliphatic rings. The molecule has 0 aliphatic carbocycles. The molecular weight excluding hydrogens is 304 g/mol. The molecule has 6 heteroatoms. The Kier molecular flexibility index (Phi) is 4.29. The van der Waals surface area contributed by atoms with E-state index in [1.165, 1.54) is 6.92 Å². The van der Waals surface area contributed by atoms with Crippen molar-refractivity contribution in [1.82, 2.24) is 14.7 Å². The first-order valence-electron chi connectivity index (χ1n) is 7.61. The third kappa shape index (κ3) is 3.60. The number of carbonyl (C=O) groups is 2. The summed E-state index contributed by atoms with van der Waals surface area (Å²) in [4.78, 5) is 27.8. The topological polar surface area (TPSA) is 75.5 Å². The average Bonchev–Trinajstić information content (AvgIpc) is 2.94. The van der Waals surface area contributed by atoms with E-state index in [1.807, 2.05) is 35.9 Å². The molecule has 3 aromatic rings. The predicted molar refractivity (Wildman–Crippen MR) is 91.8 cm³/mol. The lowest BCUT2D eigenvalue weighted by molar-refractivity contribution is -0.114. The summed E-state index contributed by atoms with van der Waals surface area (Å²) in [6.45, 7) is 3.78. The molecule has 0 bridgehead atoms. The maximum absolute atomic E-state index is 12.3. The van der Waals surface area contributed by atoms with Gasteiger partial charge in [0.25, 0.3) is 5.91 Å². The summed E-state index contributed by atoms with van der Waals surface area (Å²) in [6, 6.07) is 10.8. The van der Waals surface area contributed by atoms with Crippen LogP contribution in [0.5, 0.6) is 0 Å². The molecule has 122 valence electrons. The van der Waals surface area contributed by atoms with Crippen molar-refractivity contribution in [2.75, 3.05) is 5.32 Å². The number of anilines is 1. The highest BCUT2D eigenvalue weighted by molar-refractivity contribution is 5.96. The second kappa shape index (κ2) is 6.54. The van der Waals surface area contributed by atoms with Crippen LogP contribution in [-0.2, 0) is 11.3 Å². The van der Waals surface area contributed by atoms with Crippen molar-refractivity contribution in [3.8, 4) is 0 Å². The number of aromatic nitrogens is 2. The van der Waals surface area contributed by atoms with Gasteiger partial charge in [-0.25, -0.2) is 4.98 Å². The lowest BCUT2D eigenvalue weighted by atomic mass is 10.2. The number of hydrogen-bond acceptors (Lipinski definition) is 3. The van der Waals surface area contributed by atoms with Crippen molar-refractivity contribution in [3.63, 3.8) is 0 Å². The number of benzene rings is 1. The van der Waals surface area contributed by atoms with E-state index >= 15 is 0 Å². The number of nitrogens with zero attached hydrogens (tertiary/aromatic N) is 2. The first-order valence-corrected chi connectivity index (χ1v) is 7.61. The van der Waals surface area contributed by atoms with Crippen LogP contribution in [0.1, 0.15) is 28.5 Å². The van der Waals surface area contributed by atoms with Gasteiger partial charge in [0, 0.05) is 30.6 Å². The summed E-state index contributed by atoms with van der Waals surface area (Å²) in [5.74, 6) is -0.386. The Morgan fingerprint density at radius 3 is 2.79 bits per heavy atom. The predicted octanol–water partition coefficient (Wildman–Crippen LogP) is 2.53. The quantitative estimate of drug-likeness (QED) is 0.775. The lowest BCUT2D eigenvalue weighted by Gasteiger charge is -2.06. The molecular formula is C18H18N4O2. The number of nitrogens with one attached hydrogen (secondary N) is 2. The van der Waals surface area contributed by atoms with Crippen LogP contribution < -0.4 is 10.6 Å². The van der Waals surface area contributed by atoms with Gasteiger partial charge in [-0.15, -0.1) is 0 Å². The Morgan fingerprint density at radius 2 is 2.00 bits per heavy atom. The van der Waals surface area contributed by atoms with E-state index in [1.54, 1.807) is 24.3 Å². The summed E-state index contributed by atoms with van der Waals surface area (Å²) in [7, 11) is 0. The Morgan fingerprint density at radius 1 is 1.17 bits per heavy atom. The fourth-order valence-electron chi connectivity index (χ4n) is 2.46. The first kappa shape index (κ1) is 15.7. The maximum atomic E-state index is 12.3. The number of amides is 2. The van der Waals surface area contributed by atoms with Gasteiger partial charge in [-0.05, 0) is 36.8 Å². The molecule has 0 aliphatic heterocycles. The van der Waals surface area contributed by atoms with Crippen LogP contribution >= 0.6 is 0 Å². The minimum Gasteiger partial charge on any atom is -0.346 e. The van der Waals surface area contributed by atoms with Crippen LogP contribution in [0.2, 0.25) is 0 Å². The molecule has 24 heavy (non-hydrogen) atoms. The Hall–Kier alpha value is -3.15. The molecule has 0 unspecified atom stereocenters. The molecule has 0 fully saturated rings. The zero-order valence-corrected chi connectivity index (χ0v) is 13.5. The summed E-state index contributed by atoms with van der Waals surface area (Å²) >= 11 is 0. The SMILES string of the molecule is CC(=O)Nc1cccc(C(=O)NCc2cn3cc(C)ccc3n2)c1. The minimum absolute atomic E-state index is 0.174. The Bertz CT molecular complexity index is 914. The van der Waals surface area contributed by atoms with E-state index in [0.717, 1.165) is 16.9 Å². The van der Waals surface area contributed by atoms with Crippen LogP contribution in [0.25, 0.3) is 5.65 Å². The average molecular weight is 322 g/mol. The van der Waals surface area contributed by atoms with Gasteiger partial charge >= 0.3 is 0 Å². The second-order valence-corrected chi connectivity index (χ2v) is 5.65. The smallest absolute Gasteiger partial charge is 0.251 e. The first-order chi connectivity index (χ1) is 11.5. The van der Waals surface area contributed by atoms with Crippen molar-refractivity contribution < 1.29 is 9.59 Å². The summed E-state index contributed by atoms with van der Waals surface area (Å²) in [5.41, 5.74) is 3.86. The summed E-state index contributed by atoms with van der Waals surface area (Å²) in [5, 5.41) is 5.51. The molecule has 6 nitrogen and oxygen atoms in total. The fraction of sp³-hybridized carbons (Fsp3) is 0.167. The number of fused-ring (bicyclic) bond motifs is 1. The van der Waals surface area contributed by atoms with Crippen molar-refractivity contribution in [3.05, 3.63) is 65.6 Å². The highest BCUT2D eigenvalue weighted by Crippen LogP contribution is 2.11. The maximum Gasteiger partial charge on any atom is 0.251 e. The van der Waals surface area contributed by atoms with Gasteiger partial charge < -0.3 is 15.0 Å². The van der Waals surface area contributed by atoms with Crippen LogP contribution in [0.4, 0.5) is 5.69 Å². The molecule has 3 rings (SSSR count). The van der Waals surface area contributed by atoms with Gasteiger partial charge in [-0.2, -0.15) is 0 Å². The van der Waals surface area contributed by atoms with Crippen LogP contribution in [-0.4, -0.2) is 21.2 Å². The van der Waals surface area contributed by atoms with Gasteiger partial charge in [0.05, 0.1) is 12.2 Å². The van der Waals surface area contributed by atoms with E-state index in [4.69, 9.17) is 0 Å². The molecule has 1 aromatic carbocycles. The van der Waals surface area contributed by atoms with Gasteiger partial charge in [-0.1, -0.05) is 12.1 Å². The van der Waals surface area contributed by atoms with Crippen LogP contribution in [0.3, 0.4) is 0 Å². The van der Waals surface area contributed by atoms with Gasteiger partial charge in [-0.3, -0.25) is 9.59 Å². The second-order valence-electron chi connectivity index (χ2n) is 5.65. The molecule has 2 amide bonds. The van der Waals surface area contributed by atoms with E-state index in [-0.39, 0.29) is 11.8 Å². The highest BCUT2D eigenvalue weighted by Gasteiger charge is 2.08. The van der Waals surface area contributed by atoms with Crippen LogP contribution in [0, 0.1) is 6.92 Å². The van der Waals surface area contributed by atoms with E-state index in [0.29, 0.717) is 17.8 Å². The van der Waals surface area contributed by atoms with Crippen molar-refractivity contribution >= 4 is 23.1 Å². The number of carbonyl (C=O) groups excluding carboxylic acids is 2. The molecule has 0 saturated heterocycles. The van der Waals surface area contributed by atoms with Crippen molar-refractivity contribution in [2.45, 2.75) is 20.4 Å². The Balaban J connectivity index is 1.69. The van der Waals surface area contributed by atoms with E-state index in [9.17, 15) is 9.59 Å². The molecule has 0 radical (unpaired) electrons. The van der Waals surface area contributed by atoms with Gasteiger partial charge in [0.15, 0.2) is 0 Å². The standard InChI is InChI=1S/C18H18N4O2/c1-12-6-7-17-21-16(11-22(17)10-12)9-19-18(24)14-4-3-5-15(8-14)20-13(2)23/h3-8,10-11H,9H2,1-2H3,(H,19,24)(H,20,23). The minimum atomic E-state index is -0.213. The van der Waals surface area contributed by atoms with Gasteiger partial charge in [0.2, 0.25) is 5.91 Å². The highest BCUT2D eigenvalue weighted by atomic mass is 16.2. The Labute approximate surface area is 139 Å². The van der Waals surface area contributed by atoms with Gasteiger partial charge in [0.1, 0.15) is 5.65 Å². The number of hydrogen-bond donors (Lipinski definition) is 2.